The van der Waals surface area contributed by atoms with Crippen molar-refractivity contribution < 1.29 is 9.53 Å². The summed E-state index contributed by atoms with van der Waals surface area (Å²) < 4.78 is 5.13. The third-order valence-corrected chi connectivity index (χ3v) is 2.96. The van der Waals surface area contributed by atoms with Gasteiger partial charge < -0.3 is 4.74 Å². The van der Waals surface area contributed by atoms with Crippen LogP contribution in [-0.2, 0) is 0 Å². The SMILES string of the molecule is COc1ccc(C2=CC(C)CC=C2)cc1C=O. The molecule has 0 fully saturated rings. The predicted molar refractivity (Wildman–Crippen MR) is 69.3 cm³/mol. The van der Waals surface area contributed by atoms with E-state index in [0.717, 1.165) is 18.3 Å². The monoisotopic (exact) mass is 228 g/mol. The second-order valence-corrected chi connectivity index (χ2v) is 4.31. The highest BCUT2D eigenvalue weighted by Crippen LogP contribution is 2.27. The number of ether oxygens (including phenoxy) is 1. The Morgan fingerprint density at radius 2 is 2.24 bits per heavy atom. The van der Waals surface area contributed by atoms with Crippen molar-refractivity contribution in [3.8, 4) is 5.75 Å². The maximum Gasteiger partial charge on any atom is 0.153 e. The fourth-order valence-corrected chi connectivity index (χ4v) is 2.04. The number of benzene rings is 1. The molecular weight excluding hydrogens is 212 g/mol. The molecule has 2 nitrogen and oxygen atoms in total. The Bertz CT molecular complexity index is 484. The fraction of sp³-hybridized carbons (Fsp3) is 0.267. The smallest absolute Gasteiger partial charge is 0.153 e. The molecule has 0 aliphatic heterocycles. The van der Waals surface area contributed by atoms with Crippen molar-refractivity contribution in [2.75, 3.05) is 7.11 Å². The maximum atomic E-state index is 11.0. The summed E-state index contributed by atoms with van der Waals surface area (Å²) in [5.74, 6) is 1.17. The highest BCUT2D eigenvalue weighted by molar-refractivity contribution is 5.84. The molecule has 0 N–H and O–H groups in total. The Morgan fingerprint density at radius 3 is 2.88 bits per heavy atom. The van der Waals surface area contributed by atoms with Gasteiger partial charge >= 0.3 is 0 Å². The van der Waals surface area contributed by atoms with Gasteiger partial charge in [-0.2, -0.15) is 0 Å². The van der Waals surface area contributed by atoms with Crippen molar-refractivity contribution in [3.63, 3.8) is 0 Å². The minimum Gasteiger partial charge on any atom is -0.496 e. The second kappa shape index (κ2) is 5.00. The van der Waals surface area contributed by atoms with E-state index in [-0.39, 0.29) is 0 Å². The molecule has 17 heavy (non-hydrogen) atoms. The molecule has 0 aromatic heterocycles. The summed E-state index contributed by atoms with van der Waals surface area (Å²) in [5.41, 5.74) is 2.84. The average Bonchev–Trinajstić information content (AvgIpc) is 2.38. The second-order valence-electron chi connectivity index (χ2n) is 4.31. The van der Waals surface area contributed by atoms with Crippen LogP contribution >= 0.6 is 0 Å². The van der Waals surface area contributed by atoms with E-state index in [4.69, 9.17) is 4.74 Å². The average molecular weight is 228 g/mol. The van der Waals surface area contributed by atoms with E-state index < -0.39 is 0 Å². The molecule has 0 saturated heterocycles. The van der Waals surface area contributed by atoms with Gasteiger partial charge in [-0.05, 0) is 35.6 Å². The zero-order chi connectivity index (χ0) is 12.3. The highest BCUT2D eigenvalue weighted by atomic mass is 16.5. The Hall–Kier alpha value is -1.83. The van der Waals surface area contributed by atoms with Gasteiger partial charge in [-0.1, -0.05) is 31.2 Å². The minimum atomic E-state index is 0.553. The molecule has 1 aromatic carbocycles. The molecule has 0 saturated carbocycles. The van der Waals surface area contributed by atoms with Crippen molar-refractivity contribution in [1.29, 1.82) is 0 Å². The van der Waals surface area contributed by atoms with Gasteiger partial charge in [-0.25, -0.2) is 0 Å². The van der Waals surface area contributed by atoms with Crippen molar-refractivity contribution in [3.05, 3.63) is 47.6 Å². The summed E-state index contributed by atoms with van der Waals surface area (Å²) in [4.78, 5) is 11.0. The van der Waals surface area contributed by atoms with Crippen LogP contribution in [0.25, 0.3) is 5.57 Å². The summed E-state index contributed by atoms with van der Waals surface area (Å²) in [7, 11) is 1.57. The number of hydrogen-bond acceptors (Lipinski definition) is 2. The minimum absolute atomic E-state index is 0.553. The quantitative estimate of drug-likeness (QED) is 0.740. The highest BCUT2D eigenvalue weighted by Gasteiger charge is 2.09. The van der Waals surface area contributed by atoms with Crippen LogP contribution in [0.15, 0.2) is 36.4 Å². The molecular formula is C15H16O2. The maximum absolute atomic E-state index is 11.0. The molecule has 1 aliphatic carbocycles. The van der Waals surface area contributed by atoms with E-state index in [1.54, 1.807) is 7.11 Å². The van der Waals surface area contributed by atoms with Crippen LogP contribution in [0.3, 0.4) is 0 Å². The van der Waals surface area contributed by atoms with Crippen LogP contribution in [-0.4, -0.2) is 13.4 Å². The molecule has 0 radical (unpaired) electrons. The summed E-state index contributed by atoms with van der Waals surface area (Å²) in [6.45, 7) is 2.19. The summed E-state index contributed by atoms with van der Waals surface area (Å²) in [6.07, 6.45) is 8.43. The van der Waals surface area contributed by atoms with Gasteiger partial charge in [-0.15, -0.1) is 0 Å². The predicted octanol–water partition coefficient (Wildman–Crippen LogP) is 3.49. The molecule has 88 valence electrons. The van der Waals surface area contributed by atoms with E-state index in [9.17, 15) is 4.79 Å². The standard InChI is InChI=1S/C15H16O2/c1-11-4-3-5-12(8-11)13-6-7-15(17-2)14(9-13)10-16/h3,5-11H,4H2,1-2H3. The van der Waals surface area contributed by atoms with Crippen molar-refractivity contribution >= 4 is 11.9 Å². The van der Waals surface area contributed by atoms with Crippen LogP contribution in [0.1, 0.15) is 29.3 Å². The van der Waals surface area contributed by atoms with Crippen molar-refractivity contribution in [1.82, 2.24) is 0 Å². The number of carbonyl (C=O) groups is 1. The first-order chi connectivity index (χ1) is 8.24. The first-order valence-corrected chi connectivity index (χ1v) is 5.76. The van der Waals surface area contributed by atoms with Gasteiger partial charge in [0.15, 0.2) is 6.29 Å². The van der Waals surface area contributed by atoms with E-state index in [0.29, 0.717) is 17.2 Å². The molecule has 0 amide bonds. The third kappa shape index (κ3) is 2.47. The van der Waals surface area contributed by atoms with E-state index >= 15 is 0 Å². The van der Waals surface area contributed by atoms with Gasteiger partial charge in [0, 0.05) is 0 Å². The lowest BCUT2D eigenvalue weighted by Gasteiger charge is -2.13. The molecule has 1 unspecified atom stereocenters. The summed E-state index contributed by atoms with van der Waals surface area (Å²) in [5, 5.41) is 0. The Morgan fingerprint density at radius 1 is 1.41 bits per heavy atom. The van der Waals surface area contributed by atoms with Crippen LogP contribution in [0.2, 0.25) is 0 Å². The molecule has 0 spiro atoms. The molecule has 2 heteroatoms. The normalized spacial score (nSPS) is 18.7. The van der Waals surface area contributed by atoms with Crippen molar-refractivity contribution in [2.24, 2.45) is 5.92 Å². The van der Waals surface area contributed by atoms with Gasteiger partial charge in [0.1, 0.15) is 5.75 Å². The fourth-order valence-electron chi connectivity index (χ4n) is 2.04. The molecule has 0 bridgehead atoms. The number of rotatable bonds is 3. The third-order valence-electron chi connectivity index (χ3n) is 2.96. The van der Waals surface area contributed by atoms with Gasteiger partial charge in [-0.3, -0.25) is 4.79 Å². The number of allylic oxidation sites excluding steroid dienone is 4. The first-order valence-electron chi connectivity index (χ1n) is 5.76. The number of aldehydes is 1. The zero-order valence-corrected chi connectivity index (χ0v) is 10.1. The lowest BCUT2D eigenvalue weighted by Crippen LogP contribution is -1.97. The van der Waals surface area contributed by atoms with Crippen LogP contribution in [0.5, 0.6) is 5.75 Å². The molecule has 2 rings (SSSR count). The lowest BCUT2D eigenvalue weighted by molar-refractivity contribution is 0.112. The van der Waals surface area contributed by atoms with Gasteiger partial charge in [0.05, 0.1) is 12.7 Å². The molecule has 0 heterocycles. The number of methoxy groups -OCH3 is 1. The van der Waals surface area contributed by atoms with Crippen LogP contribution in [0, 0.1) is 5.92 Å². The topological polar surface area (TPSA) is 26.3 Å². The Balaban J connectivity index is 2.40. The molecule has 1 aliphatic rings. The number of carbonyl (C=O) groups excluding carboxylic acids is 1. The zero-order valence-electron chi connectivity index (χ0n) is 10.1. The van der Waals surface area contributed by atoms with Crippen LogP contribution in [0.4, 0.5) is 0 Å². The first kappa shape index (κ1) is 11.6. The largest absolute Gasteiger partial charge is 0.496 e. The molecule has 1 aromatic rings. The summed E-state index contributed by atoms with van der Waals surface area (Å²) >= 11 is 0. The van der Waals surface area contributed by atoms with Gasteiger partial charge in [0.25, 0.3) is 0 Å². The van der Waals surface area contributed by atoms with E-state index in [1.165, 1.54) is 5.57 Å². The van der Waals surface area contributed by atoms with Gasteiger partial charge in [0.2, 0.25) is 0 Å². The van der Waals surface area contributed by atoms with Crippen LogP contribution < -0.4 is 4.74 Å². The Labute approximate surface area is 102 Å². The summed E-state index contributed by atoms with van der Waals surface area (Å²) in [6, 6.07) is 5.70. The molecule has 1 atom stereocenters. The lowest BCUT2D eigenvalue weighted by atomic mass is 9.93. The Kier molecular flexibility index (Phi) is 3.43. The van der Waals surface area contributed by atoms with Crippen molar-refractivity contribution in [2.45, 2.75) is 13.3 Å². The number of hydrogen-bond donors (Lipinski definition) is 0. The van der Waals surface area contributed by atoms with E-state index in [1.807, 2.05) is 18.2 Å². The van der Waals surface area contributed by atoms with E-state index in [2.05, 4.69) is 25.2 Å².